The fourth-order valence-corrected chi connectivity index (χ4v) is 5.94. The summed E-state index contributed by atoms with van der Waals surface area (Å²) in [5.41, 5.74) is 0.994. The van der Waals surface area contributed by atoms with Gasteiger partial charge in [-0.25, -0.2) is 19.6 Å². The summed E-state index contributed by atoms with van der Waals surface area (Å²) in [6, 6.07) is 14.9. The number of fused-ring (bicyclic) bond motifs is 2. The maximum atomic E-state index is 13.5. The number of para-hydroxylation sites is 4. The molecule has 180 valence electrons. The van der Waals surface area contributed by atoms with Gasteiger partial charge in [0.25, 0.3) is 5.60 Å². The average molecular weight is 511 g/mol. The van der Waals surface area contributed by atoms with Crippen molar-refractivity contribution in [3.8, 4) is 0 Å². The van der Waals surface area contributed by atoms with Gasteiger partial charge >= 0.3 is 11.9 Å². The summed E-state index contributed by atoms with van der Waals surface area (Å²) in [5.74, 6) is -2.22. The molecule has 1 aliphatic rings. The van der Waals surface area contributed by atoms with Crippen LogP contribution in [0.25, 0.3) is 22.1 Å². The van der Waals surface area contributed by atoms with Gasteiger partial charge < -0.3 is 23.7 Å². The van der Waals surface area contributed by atoms with Crippen LogP contribution in [0, 0.1) is 0 Å². The number of ether oxygens (including phenoxy) is 2. The van der Waals surface area contributed by atoms with E-state index in [2.05, 4.69) is 9.97 Å². The number of aliphatic hydroxyl groups is 1. The molecule has 9 nitrogen and oxygen atoms in total. The fourth-order valence-electron chi connectivity index (χ4n) is 4.19. The smallest absolute Gasteiger partial charge is 0.375 e. The van der Waals surface area contributed by atoms with E-state index in [-0.39, 0.29) is 11.5 Å². The summed E-state index contributed by atoms with van der Waals surface area (Å²) < 4.78 is 14.5. The van der Waals surface area contributed by atoms with Crippen LogP contribution in [0.1, 0.15) is 18.0 Å². The van der Waals surface area contributed by atoms with E-state index < -0.39 is 28.5 Å². The number of aromatic nitrogens is 4. The third kappa shape index (κ3) is 3.49. The van der Waals surface area contributed by atoms with Crippen molar-refractivity contribution in [3.05, 3.63) is 65.0 Å². The van der Waals surface area contributed by atoms with Crippen molar-refractivity contribution in [3.63, 3.8) is 0 Å². The van der Waals surface area contributed by atoms with Crippen LogP contribution in [-0.4, -0.2) is 48.4 Å². The van der Waals surface area contributed by atoms with Crippen molar-refractivity contribution in [2.24, 2.45) is 14.1 Å². The zero-order valence-corrected chi connectivity index (χ0v) is 20.8. The molecule has 2 aromatic carbocycles. The monoisotopic (exact) mass is 510 g/mol. The predicted octanol–water partition coefficient (Wildman–Crippen LogP) is 3.85. The number of esters is 2. The van der Waals surface area contributed by atoms with Crippen LogP contribution in [0.2, 0.25) is 0 Å². The van der Waals surface area contributed by atoms with Gasteiger partial charge in [-0.1, -0.05) is 24.3 Å². The maximum Gasteiger partial charge on any atom is 0.375 e. The molecule has 1 aliphatic heterocycles. The van der Waals surface area contributed by atoms with Crippen molar-refractivity contribution in [1.29, 1.82) is 0 Å². The molecule has 0 amide bonds. The second-order valence-electron chi connectivity index (χ2n) is 7.99. The molecule has 2 atom stereocenters. The van der Waals surface area contributed by atoms with Crippen molar-refractivity contribution < 1.29 is 24.2 Å². The molecular formula is C24H22N4O5S2. The highest BCUT2D eigenvalue weighted by Gasteiger charge is 2.61. The van der Waals surface area contributed by atoms with E-state index in [1.807, 2.05) is 60.1 Å². The van der Waals surface area contributed by atoms with E-state index in [4.69, 9.17) is 22.1 Å². The van der Waals surface area contributed by atoms with Gasteiger partial charge in [0.2, 0.25) is 5.76 Å². The second kappa shape index (κ2) is 8.65. The first kappa shape index (κ1) is 23.3. The first-order chi connectivity index (χ1) is 16.8. The number of rotatable bonds is 6. The molecular weight excluding hydrogens is 488 g/mol. The van der Waals surface area contributed by atoms with Gasteiger partial charge in [-0.15, -0.1) is 0 Å². The molecule has 2 aromatic heterocycles. The topological polar surface area (TPSA) is 108 Å². The summed E-state index contributed by atoms with van der Waals surface area (Å²) in [4.78, 5) is 35.4. The molecule has 11 heteroatoms. The van der Waals surface area contributed by atoms with E-state index in [9.17, 15) is 14.7 Å². The zero-order valence-electron chi connectivity index (χ0n) is 19.1. The van der Waals surface area contributed by atoms with E-state index in [0.717, 1.165) is 28.3 Å². The Kier molecular flexibility index (Phi) is 5.76. The minimum atomic E-state index is -2.07. The molecule has 0 spiro atoms. The number of aryl methyl sites for hydroxylation is 2. The lowest BCUT2D eigenvalue weighted by atomic mass is 9.98. The van der Waals surface area contributed by atoms with Crippen molar-refractivity contribution in [1.82, 2.24) is 19.1 Å². The van der Waals surface area contributed by atoms with Gasteiger partial charge in [0.1, 0.15) is 11.1 Å². The minimum absolute atomic E-state index is 0.0339. The Morgan fingerprint density at radius 3 is 2.31 bits per heavy atom. The quantitative estimate of drug-likeness (QED) is 0.297. The van der Waals surface area contributed by atoms with E-state index in [1.54, 1.807) is 18.5 Å². The highest BCUT2D eigenvalue weighted by atomic mass is 32.2. The number of imidazole rings is 2. The van der Waals surface area contributed by atoms with E-state index in [0.29, 0.717) is 16.5 Å². The van der Waals surface area contributed by atoms with Crippen LogP contribution < -0.4 is 0 Å². The third-order valence-corrected chi connectivity index (χ3v) is 7.81. The van der Waals surface area contributed by atoms with Gasteiger partial charge in [0.05, 0.1) is 33.6 Å². The van der Waals surface area contributed by atoms with Gasteiger partial charge in [-0.2, -0.15) is 12.6 Å². The maximum absolute atomic E-state index is 13.5. The summed E-state index contributed by atoms with van der Waals surface area (Å²) >= 11 is 5.71. The lowest BCUT2D eigenvalue weighted by Crippen LogP contribution is -2.46. The first-order valence-electron chi connectivity index (χ1n) is 10.8. The standard InChI is InChI=1S/C24H22N4O5S2/c1-4-32-22(31)24(18(34)20-25-13-9-5-7-11-15(13)27(20)2)19(17(29)21(30)33-24)35-23-26-14-10-6-8-12-16(14)28(23)3/h5-12,18,29,34H,4H2,1-3H3. The van der Waals surface area contributed by atoms with E-state index in [1.165, 1.54) is 0 Å². The molecule has 0 aliphatic carbocycles. The lowest BCUT2D eigenvalue weighted by molar-refractivity contribution is -0.172. The van der Waals surface area contributed by atoms with Crippen molar-refractivity contribution >= 4 is 58.4 Å². The van der Waals surface area contributed by atoms with Crippen LogP contribution in [0.4, 0.5) is 0 Å². The Labute approximate surface area is 210 Å². The number of carbonyl (C=O) groups excluding carboxylic acids is 2. The van der Waals surface area contributed by atoms with E-state index >= 15 is 0 Å². The second-order valence-corrected chi connectivity index (χ2v) is 9.48. The molecule has 0 saturated heterocycles. The highest BCUT2D eigenvalue weighted by molar-refractivity contribution is 8.03. The number of aliphatic hydroxyl groups excluding tert-OH is 1. The molecule has 1 N–H and O–H groups in total. The minimum Gasteiger partial charge on any atom is -0.501 e. The Hall–Kier alpha value is -3.44. The molecule has 0 saturated carbocycles. The summed E-state index contributed by atoms with van der Waals surface area (Å²) in [6.07, 6.45) is 0. The number of hydrogen-bond acceptors (Lipinski definition) is 9. The SMILES string of the molecule is CCOC(=O)C1(C(S)c2nc3ccccc3n2C)OC(=O)C(O)=C1Sc1nc2ccccc2n1C. The number of hydrogen-bond donors (Lipinski definition) is 2. The molecule has 0 fully saturated rings. The predicted molar refractivity (Wildman–Crippen MR) is 134 cm³/mol. The summed E-state index contributed by atoms with van der Waals surface area (Å²) in [7, 11) is 3.59. The Morgan fingerprint density at radius 1 is 1.11 bits per heavy atom. The van der Waals surface area contributed by atoms with Crippen LogP contribution in [0.5, 0.6) is 0 Å². The number of carbonyl (C=O) groups is 2. The van der Waals surface area contributed by atoms with Crippen molar-refractivity contribution in [2.45, 2.75) is 22.9 Å². The van der Waals surface area contributed by atoms with Gasteiger partial charge in [0, 0.05) is 14.1 Å². The van der Waals surface area contributed by atoms with Crippen LogP contribution in [-0.2, 0) is 33.2 Å². The third-order valence-electron chi connectivity index (χ3n) is 5.97. The molecule has 35 heavy (non-hydrogen) atoms. The Balaban J connectivity index is 1.68. The average Bonchev–Trinajstić information content (AvgIpc) is 3.45. The number of thiol groups is 1. The lowest BCUT2D eigenvalue weighted by Gasteiger charge is -2.32. The largest absolute Gasteiger partial charge is 0.501 e. The van der Waals surface area contributed by atoms with Gasteiger partial charge in [-0.05, 0) is 43.0 Å². The van der Waals surface area contributed by atoms with Gasteiger partial charge in [0.15, 0.2) is 5.16 Å². The normalized spacial score (nSPS) is 18.9. The molecule has 3 heterocycles. The zero-order chi connectivity index (χ0) is 24.9. The fraction of sp³-hybridized carbons (Fsp3) is 0.250. The van der Waals surface area contributed by atoms with Crippen LogP contribution >= 0.6 is 24.4 Å². The van der Waals surface area contributed by atoms with Gasteiger partial charge in [-0.3, -0.25) is 0 Å². The molecule has 0 bridgehead atoms. The Bertz CT molecular complexity index is 1520. The number of benzene rings is 2. The molecule has 4 aromatic rings. The Morgan fingerprint density at radius 2 is 1.71 bits per heavy atom. The summed E-state index contributed by atoms with van der Waals surface area (Å²) in [6.45, 7) is 1.68. The highest BCUT2D eigenvalue weighted by Crippen LogP contribution is 2.52. The molecule has 2 unspecified atom stereocenters. The number of cyclic esters (lactones) is 1. The van der Waals surface area contributed by atoms with Crippen LogP contribution in [0.15, 0.2) is 64.4 Å². The molecule has 5 rings (SSSR count). The van der Waals surface area contributed by atoms with Crippen LogP contribution in [0.3, 0.4) is 0 Å². The number of nitrogens with zero attached hydrogens (tertiary/aromatic N) is 4. The number of thioether (sulfide) groups is 1. The first-order valence-corrected chi connectivity index (χ1v) is 12.2. The summed E-state index contributed by atoms with van der Waals surface area (Å²) in [5, 5.41) is 10.2. The molecule has 0 radical (unpaired) electrons. The van der Waals surface area contributed by atoms with Crippen molar-refractivity contribution in [2.75, 3.05) is 6.61 Å².